The molecule has 0 aliphatic carbocycles. The van der Waals surface area contributed by atoms with Crippen molar-refractivity contribution in [2.75, 3.05) is 25.0 Å². The molecular weight excluding hydrogens is 326 g/mol. The number of carbonyl (C=O) groups excluding carboxylic acids is 1. The normalized spacial score (nSPS) is 21.6. The quantitative estimate of drug-likeness (QED) is 0.923. The highest BCUT2D eigenvalue weighted by Crippen LogP contribution is 2.24. The standard InChI is InChI=1S/C17H22ClN5O/c1-12-5-13(2)8-22(7-12)9-17(24)21-15-6-14(18)3-4-16(15)23-11-19-10-20-23/h3-4,6,10-13H,5,7-9H2,1-2H3,(H,21,24)/t12-,13-/m1/s1. The summed E-state index contributed by atoms with van der Waals surface area (Å²) in [4.78, 5) is 18.7. The molecule has 1 aromatic carbocycles. The van der Waals surface area contributed by atoms with Crippen molar-refractivity contribution in [3.8, 4) is 5.69 Å². The van der Waals surface area contributed by atoms with Crippen molar-refractivity contribution in [3.05, 3.63) is 35.9 Å². The molecule has 1 aromatic heterocycles. The Kier molecular flexibility index (Phi) is 5.16. The Morgan fingerprint density at radius 1 is 1.33 bits per heavy atom. The van der Waals surface area contributed by atoms with Crippen LogP contribution in [0.25, 0.3) is 5.69 Å². The number of amides is 1. The lowest BCUT2D eigenvalue weighted by Crippen LogP contribution is -2.42. The number of piperidine rings is 1. The third kappa shape index (κ3) is 4.13. The Labute approximate surface area is 146 Å². The van der Waals surface area contributed by atoms with Crippen LogP contribution in [0.15, 0.2) is 30.9 Å². The van der Waals surface area contributed by atoms with Crippen LogP contribution in [0.2, 0.25) is 5.02 Å². The van der Waals surface area contributed by atoms with Crippen LogP contribution in [-0.2, 0) is 4.79 Å². The molecule has 2 aromatic rings. The van der Waals surface area contributed by atoms with E-state index < -0.39 is 0 Å². The lowest BCUT2D eigenvalue weighted by molar-refractivity contribution is -0.117. The van der Waals surface area contributed by atoms with E-state index in [1.54, 1.807) is 23.1 Å². The van der Waals surface area contributed by atoms with E-state index in [0.29, 0.717) is 29.1 Å². The smallest absolute Gasteiger partial charge is 0.238 e. The van der Waals surface area contributed by atoms with Gasteiger partial charge < -0.3 is 5.32 Å². The third-order valence-corrected chi connectivity index (χ3v) is 4.45. The van der Waals surface area contributed by atoms with E-state index in [1.165, 1.54) is 12.7 Å². The first-order valence-electron chi connectivity index (χ1n) is 8.18. The number of likely N-dealkylation sites (tertiary alicyclic amines) is 1. The Balaban J connectivity index is 1.71. The van der Waals surface area contributed by atoms with Crippen LogP contribution in [-0.4, -0.2) is 45.2 Å². The van der Waals surface area contributed by atoms with Gasteiger partial charge in [0.15, 0.2) is 0 Å². The summed E-state index contributed by atoms with van der Waals surface area (Å²) in [5.74, 6) is 1.21. The summed E-state index contributed by atoms with van der Waals surface area (Å²) in [6.07, 6.45) is 4.27. The van der Waals surface area contributed by atoms with Crippen molar-refractivity contribution in [2.45, 2.75) is 20.3 Å². The minimum atomic E-state index is -0.0417. The molecule has 2 heterocycles. The highest BCUT2D eigenvalue weighted by molar-refractivity contribution is 6.31. The Hall–Kier alpha value is -1.92. The van der Waals surface area contributed by atoms with Crippen LogP contribution in [0.1, 0.15) is 20.3 Å². The first kappa shape index (κ1) is 16.9. The molecule has 1 fully saturated rings. The van der Waals surface area contributed by atoms with Gasteiger partial charge in [0.1, 0.15) is 12.7 Å². The second kappa shape index (κ2) is 7.32. The number of rotatable bonds is 4. The zero-order valence-electron chi connectivity index (χ0n) is 13.9. The molecular formula is C17H22ClN5O. The lowest BCUT2D eigenvalue weighted by atomic mass is 9.92. The monoisotopic (exact) mass is 347 g/mol. The van der Waals surface area contributed by atoms with Crippen LogP contribution < -0.4 is 5.32 Å². The minimum absolute atomic E-state index is 0.0417. The molecule has 3 rings (SSSR count). The second-order valence-corrected chi connectivity index (χ2v) is 7.13. The zero-order chi connectivity index (χ0) is 17.1. The molecule has 128 valence electrons. The number of nitrogens with zero attached hydrogens (tertiary/aromatic N) is 4. The molecule has 1 amide bonds. The Morgan fingerprint density at radius 3 is 2.75 bits per heavy atom. The first-order valence-corrected chi connectivity index (χ1v) is 8.56. The molecule has 1 aliphatic heterocycles. The van der Waals surface area contributed by atoms with E-state index in [2.05, 4.69) is 34.1 Å². The number of carbonyl (C=O) groups is 1. The van der Waals surface area contributed by atoms with Crippen LogP contribution in [0.3, 0.4) is 0 Å². The molecule has 0 radical (unpaired) electrons. The number of hydrogen-bond acceptors (Lipinski definition) is 4. The van der Waals surface area contributed by atoms with Gasteiger partial charge in [-0.15, -0.1) is 0 Å². The average molecular weight is 348 g/mol. The molecule has 2 atom stereocenters. The molecule has 0 saturated carbocycles. The average Bonchev–Trinajstić information content (AvgIpc) is 3.00. The van der Waals surface area contributed by atoms with Gasteiger partial charge in [-0.25, -0.2) is 9.67 Å². The van der Waals surface area contributed by atoms with Crippen molar-refractivity contribution in [2.24, 2.45) is 11.8 Å². The van der Waals surface area contributed by atoms with Gasteiger partial charge in [0.2, 0.25) is 5.91 Å². The fourth-order valence-electron chi connectivity index (χ4n) is 3.45. The van der Waals surface area contributed by atoms with Gasteiger partial charge in [-0.05, 0) is 36.5 Å². The van der Waals surface area contributed by atoms with E-state index >= 15 is 0 Å². The van der Waals surface area contributed by atoms with E-state index in [-0.39, 0.29) is 5.91 Å². The van der Waals surface area contributed by atoms with Gasteiger partial charge in [-0.3, -0.25) is 9.69 Å². The van der Waals surface area contributed by atoms with Crippen molar-refractivity contribution in [1.29, 1.82) is 0 Å². The zero-order valence-corrected chi connectivity index (χ0v) is 14.7. The fourth-order valence-corrected chi connectivity index (χ4v) is 3.63. The van der Waals surface area contributed by atoms with Crippen LogP contribution >= 0.6 is 11.6 Å². The maximum absolute atomic E-state index is 12.5. The van der Waals surface area contributed by atoms with E-state index in [1.807, 2.05) is 6.07 Å². The maximum Gasteiger partial charge on any atom is 0.238 e. The van der Waals surface area contributed by atoms with Crippen LogP contribution in [0, 0.1) is 11.8 Å². The number of hydrogen-bond donors (Lipinski definition) is 1. The van der Waals surface area contributed by atoms with Crippen LogP contribution in [0.4, 0.5) is 5.69 Å². The summed E-state index contributed by atoms with van der Waals surface area (Å²) >= 11 is 6.08. The molecule has 1 aliphatic rings. The Morgan fingerprint density at radius 2 is 2.08 bits per heavy atom. The predicted octanol–water partition coefficient (Wildman–Crippen LogP) is 2.84. The highest BCUT2D eigenvalue weighted by atomic mass is 35.5. The van der Waals surface area contributed by atoms with Gasteiger partial charge in [0, 0.05) is 18.1 Å². The number of nitrogens with one attached hydrogen (secondary N) is 1. The van der Waals surface area contributed by atoms with E-state index in [4.69, 9.17) is 11.6 Å². The lowest BCUT2D eigenvalue weighted by Gasteiger charge is -2.34. The van der Waals surface area contributed by atoms with Crippen molar-refractivity contribution < 1.29 is 4.79 Å². The summed E-state index contributed by atoms with van der Waals surface area (Å²) in [6.45, 7) is 6.78. The summed E-state index contributed by atoms with van der Waals surface area (Å²) < 4.78 is 1.61. The highest BCUT2D eigenvalue weighted by Gasteiger charge is 2.23. The van der Waals surface area contributed by atoms with Crippen molar-refractivity contribution in [3.63, 3.8) is 0 Å². The molecule has 1 N–H and O–H groups in total. The largest absolute Gasteiger partial charge is 0.323 e. The van der Waals surface area contributed by atoms with Gasteiger partial charge in [-0.2, -0.15) is 5.10 Å². The summed E-state index contributed by atoms with van der Waals surface area (Å²) in [7, 11) is 0. The van der Waals surface area contributed by atoms with Gasteiger partial charge >= 0.3 is 0 Å². The molecule has 0 spiro atoms. The topological polar surface area (TPSA) is 63.1 Å². The third-order valence-electron chi connectivity index (χ3n) is 4.21. The van der Waals surface area contributed by atoms with Crippen molar-refractivity contribution in [1.82, 2.24) is 19.7 Å². The Bertz CT molecular complexity index is 693. The molecule has 6 nitrogen and oxygen atoms in total. The van der Waals surface area contributed by atoms with Gasteiger partial charge in [-0.1, -0.05) is 25.4 Å². The van der Waals surface area contributed by atoms with E-state index in [0.717, 1.165) is 18.8 Å². The van der Waals surface area contributed by atoms with Gasteiger partial charge in [0.05, 0.1) is 17.9 Å². The summed E-state index contributed by atoms with van der Waals surface area (Å²) in [5.41, 5.74) is 1.38. The van der Waals surface area contributed by atoms with E-state index in [9.17, 15) is 4.79 Å². The number of benzene rings is 1. The molecule has 24 heavy (non-hydrogen) atoms. The predicted molar refractivity (Wildman–Crippen MR) is 94.4 cm³/mol. The summed E-state index contributed by atoms with van der Waals surface area (Å²) in [6, 6.07) is 5.32. The molecule has 0 bridgehead atoms. The minimum Gasteiger partial charge on any atom is -0.323 e. The number of anilines is 1. The molecule has 1 saturated heterocycles. The molecule has 0 unspecified atom stereocenters. The van der Waals surface area contributed by atoms with Gasteiger partial charge in [0.25, 0.3) is 0 Å². The first-order chi connectivity index (χ1) is 11.5. The number of halogens is 1. The van der Waals surface area contributed by atoms with Crippen LogP contribution in [0.5, 0.6) is 0 Å². The van der Waals surface area contributed by atoms with Crippen molar-refractivity contribution >= 4 is 23.2 Å². The number of aromatic nitrogens is 3. The second-order valence-electron chi connectivity index (χ2n) is 6.69. The molecule has 7 heteroatoms. The maximum atomic E-state index is 12.5. The SMILES string of the molecule is C[C@@H]1C[C@@H](C)CN(CC(=O)Nc2cc(Cl)ccc2-n2cncn2)C1. The summed E-state index contributed by atoms with van der Waals surface area (Å²) in [5, 5.41) is 7.65. The fraction of sp³-hybridized carbons (Fsp3) is 0.471.